The zero-order valence-corrected chi connectivity index (χ0v) is 51.3. The number of aryl methyl sites for hydroxylation is 4. The predicted octanol–water partition coefficient (Wildman–Crippen LogP) is 24.1. The zero-order chi connectivity index (χ0) is 61.4. The lowest BCUT2D eigenvalue weighted by Gasteiger charge is -2.27. The molecule has 18 rings (SSSR count). The van der Waals surface area contributed by atoms with E-state index in [4.69, 9.17) is 0 Å². The molecule has 14 aromatic carbocycles. The van der Waals surface area contributed by atoms with Crippen LogP contribution in [0.3, 0.4) is 0 Å². The summed E-state index contributed by atoms with van der Waals surface area (Å²) in [5.74, 6) is 0. The molecule has 0 fully saturated rings. The maximum Gasteiger partial charge on any atom is 0.0462 e. The Kier molecular flexibility index (Phi) is 16.1. The van der Waals surface area contributed by atoms with Crippen molar-refractivity contribution in [2.75, 3.05) is 19.6 Å². The molecular weight excluding hydrogens is 1110 g/mol. The molecule has 0 heterocycles. The van der Waals surface area contributed by atoms with Crippen LogP contribution in [0.5, 0.6) is 0 Å². The Morgan fingerprint density at radius 1 is 0.141 bits per heavy atom. The molecule has 14 aromatic rings. The molecule has 4 nitrogen and oxygen atoms in total. The molecule has 0 saturated carbocycles. The summed E-state index contributed by atoms with van der Waals surface area (Å²) in [4.78, 5) is 9.38. The minimum atomic E-state index is 0.820. The molecule has 0 spiro atoms. The molecule has 0 amide bonds. The van der Waals surface area contributed by atoms with Gasteiger partial charge in [0.25, 0.3) is 0 Å². The van der Waals surface area contributed by atoms with E-state index in [1.54, 1.807) is 0 Å². The van der Waals surface area contributed by atoms with Crippen molar-refractivity contribution in [2.45, 2.75) is 25.7 Å². The molecule has 0 saturated heterocycles. The van der Waals surface area contributed by atoms with Crippen LogP contribution in [0, 0.1) is 0 Å². The highest BCUT2D eigenvalue weighted by Crippen LogP contribution is 2.45. The molecule has 0 aromatic heterocycles. The van der Waals surface area contributed by atoms with Crippen LogP contribution < -0.4 is 19.6 Å². The van der Waals surface area contributed by atoms with E-state index in [-0.39, 0.29) is 0 Å². The second-order valence-electron chi connectivity index (χ2n) is 23.5. The maximum absolute atomic E-state index is 2.54. The van der Waals surface area contributed by atoms with Crippen molar-refractivity contribution in [2.24, 2.45) is 0 Å². The summed E-state index contributed by atoms with van der Waals surface area (Å²) < 4.78 is 0. The topological polar surface area (TPSA) is 13.0 Å². The van der Waals surface area contributed by atoms with Crippen LogP contribution in [0.25, 0.3) is 44.5 Å². The highest BCUT2D eigenvalue weighted by atomic mass is 15.2. The van der Waals surface area contributed by atoms with Gasteiger partial charge in [-0.2, -0.15) is 0 Å². The molecule has 92 heavy (non-hydrogen) atoms. The van der Waals surface area contributed by atoms with Gasteiger partial charge in [-0.05, 0) is 238 Å². The van der Waals surface area contributed by atoms with Gasteiger partial charge in [0.15, 0.2) is 0 Å². The first kappa shape index (κ1) is 56.8. The lowest BCUT2D eigenvalue weighted by Crippen LogP contribution is -2.10. The van der Waals surface area contributed by atoms with Crippen LogP contribution >= 0.6 is 0 Å². The highest BCUT2D eigenvalue weighted by Gasteiger charge is 2.23. The molecule has 440 valence electrons. The molecule has 0 N–H and O–H groups in total. The molecule has 0 aliphatic heterocycles. The Morgan fingerprint density at radius 3 is 0.413 bits per heavy atom. The largest absolute Gasteiger partial charge is 0.311 e. The summed E-state index contributed by atoms with van der Waals surface area (Å²) in [5, 5.41) is 0. The Morgan fingerprint density at radius 2 is 0.272 bits per heavy atom. The fraction of sp³-hybridized carbons (Fsp3) is 0.0455. The summed E-state index contributed by atoms with van der Waals surface area (Å²) in [5.41, 5.74) is 28.6. The quantitative estimate of drug-likeness (QED) is 0.0956. The van der Waals surface area contributed by atoms with E-state index in [0.29, 0.717) is 0 Å². The van der Waals surface area contributed by atoms with Crippen molar-refractivity contribution in [1.29, 1.82) is 0 Å². The highest BCUT2D eigenvalue weighted by molar-refractivity contribution is 5.86. The van der Waals surface area contributed by atoms with Crippen molar-refractivity contribution in [1.82, 2.24) is 0 Å². The number of hydrogen-bond donors (Lipinski definition) is 0. The molecular formula is C88H68N4. The fourth-order valence-electron chi connectivity index (χ4n) is 13.4. The van der Waals surface area contributed by atoms with Gasteiger partial charge in [0.2, 0.25) is 0 Å². The Hall–Kier alpha value is -11.7. The second kappa shape index (κ2) is 26.2. The minimum absolute atomic E-state index is 0.820. The van der Waals surface area contributed by atoms with Gasteiger partial charge in [-0.15, -0.1) is 0 Å². The first-order valence-electron chi connectivity index (χ1n) is 32.0. The normalized spacial score (nSPS) is 11.7. The standard InChI is InChI=1S/C88H68N4/c1-9-25-73(26-10-1)89(74-27-11-2-12-28-74)81-53-45-65(46-54-81)85-61-70-43-44-72-64-87(67-49-57-83(58-50-67)91(77-33-17-5-18-34-77)78-35-19-6-20-36-78)71(63-88(72)68-51-59-84(60-52-68)92(79-37-21-7-22-38-79)80-39-23-8-24-40-80)42-41-69(85)62-86(70)66-47-55-82(56-48-66)90(75-29-13-3-14-30-75)76-31-15-4-16-32-76/h1-40,45-64H,41-44H2. The first-order valence-corrected chi connectivity index (χ1v) is 32.0. The van der Waals surface area contributed by atoms with Gasteiger partial charge in [0.05, 0.1) is 0 Å². The third-order valence-corrected chi connectivity index (χ3v) is 17.8. The fourth-order valence-corrected chi connectivity index (χ4v) is 13.4. The average molecular weight is 1180 g/mol. The van der Waals surface area contributed by atoms with Crippen molar-refractivity contribution in [3.8, 4) is 44.5 Å². The van der Waals surface area contributed by atoms with E-state index in [2.05, 4.69) is 384 Å². The van der Waals surface area contributed by atoms with E-state index in [0.717, 1.165) is 93.9 Å². The van der Waals surface area contributed by atoms with Crippen molar-refractivity contribution >= 4 is 68.2 Å². The zero-order valence-electron chi connectivity index (χ0n) is 51.3. The summed E-state index contributed by atoms with van der Waals surface area (Å²) in [6.45, 7) is 0. The van der Waals surface area contributed by atoms with Gasteiger partial charge in [-0.3, -0.25) is 0 Å². The summed E-state index contributed by atoms with van der Waals surface area (Å²) in [7, 11) is 0. The predicted molar refractivity (Wildman–Crippen MR) is 388 cm³/mol. The molecule has 4 aliphatic rings. The number of rotatable bonds is 16. The Balaban J connectivity index is 0.868. The van der Waals surface area contributed by atoms with Gasteiger partial charge in [0, 0.05) is 68.2 Å². The van der Waals surface area contributed by atoms with E-state index in [1.165, 1.54) is 66.8 Å². The lowest BCUT2D eigenvalue weighted by molar-refractivity contribution is 0.928. The Bertz CT molecular complexity index is 3950. The molecule has 0 atom stereocenters. The van der Waals surface area contributed by atoms with Crippen LogP contribution in [0.4, 0.5) is 68.2 Å². The van der Waals surface area contributed by atoms with Gasteiger partial charge >= 0.3 is 0 Å². The number of nitrogens with zero attached hydrogens (tertiary/aromatic N) is 4. The summed E-state index contributed by atoms with van der Waals surface area (Å²) in [6, 6.07) is 133. The van der Waals surface area contributed by atoms with Crippen LogP contribution in [-0.4, -0.2) is 0 Å². The number of anilines is 12. The van der Waals surface area contributed by atoms with Crippen LogP contribution in [0.2, 0.25) is 0 Å². The average Bonchev–Trinajstić information content (AvgIpc) is 1.58. The van der Waals surface area contributed by atoms with Crippen molar-refractivity contribution in [3.63, 3.8) is 0 Å². The molecule has 4 bridgehead atoms. The van der Waals surface area contributed by atoms with Crippen LogP contribution in [0.1, 0.15) is 22.3 Å². The number of benzene rings is 14. The van der Waals surface area contributed by atoms with Gasteiger partial charge in [0.1, 0.15) is 0 Å². The molecule has 0 unspecified atom stereocenters. The van der Waals surface area contributed by atoms with Gasteiger partial charge < -0.3 is 19.6 Å². The lowest BCUT2D eigenvalue weighted by atomic mass is 9.82. The molecule has 4 heteroatoms. The maximum atomic E-state index is 2.54. The van der Waals surface area contributed by atoms with Gasteiger partial charge in [-0.25, -0.2) is 0 Å². The monoisotopic (exact) mass is 1180 g/mol. The summed E-state index contributed by atoms with van der Waals surface area (Å²) in [6.07, 6.45) is 3.28. The number of para-hydroxylation sites is 8. The third kappa shape index (κ3) is 11.9. The molecule has 0 radical (unpaired) electrons. The Labute approximate surface area is 541 Å². The van der Waals surface area contributed by atoms with E-state index < -0.39 is 0 Å². The number of hydrogen-bond acceptors (Lipinski definition) is 4. The third-order valence-electron chi connectivity index (χ3n) is 17.8. The van der Waals surface area contributed by atoms with Crippen molar-refractivity contribution in [3.05, 3.63) is 386 Å². The van der Waals surface area contributed by atoms with Crippen molar-refractivity contribution < 1.29 is 0 Å². The minimum Gasteiger partial charge on any atom is -0.311 e. The second-order valence-corrected chi connectivity index (χ2v) is 23.5. The first-order chi connectivity index (χ1) is 45.6. The van der Waals surface area contributed by atoms with E-state index >= 15 is 0 Å². The van der Waals surface area contributed by atoms with Gasteiger partial charge in [-0.1, -0.05) is 218 Å². The van der Waals surface area contributed by atoms with Crippen LogP contribution in [0.15, 0.2) is 364 Å². The SMILES string of the molecule is c1ccc(N(c2ccccc2)c2ccc(-c3cc4c(-c5ccc(N(c6ccccc6)c6ccccc6)cc5)cc3CCc3cc(-c5ccc(N(c6ccccc6)c6ccccc6)cc5)c(cc3-c3ccc(N(c5ccccc5)c5ccccc5)cc3)CC4)cc2)cc1. The molecule has 4 aliphatic carbocycles. The van der Waals surface area contributed by atoms with E-state index in [1.807, 2.05) is 0 Å². The van der Waals surface area contributed by atoms with E-state index in [9.17, 15) is 0 Å². The smallest absolute Gasteiger partial charge is 0.0462 e. The summed E-state index contributed by atoms with van der Waals surface area (Å²) >= 11 is 0. The van der Waals surface area contributed by atoms with Crippen LogP contribution in [-0.2, 0) is 25.7 Å².